The number of methoxy groups -OCH3 is 1. The van der Waals surface area contributed by atoms with Crippen molar-refractivity contribution in [1.29, 1.82) is 0 Å². The van der Waals surface area contributed by atoms with Gasteiger partial charge < -0.3 is 14.8 Å². The number of ether oxygens (including phenoxy) is 2. The molecule has 0 atom stereocenters. The molecule has 3 aromatic rings. The lowest BCUT2D eigenvalue weighted by atomic mass is 9.90. The molecule has 0 saturated heterocycles. The van der Waals surface area contributed by atoms with Crippen LogP contribution in [0, 0.1) is 0 Å². The van der Waals surface area contributed by atoms with Crippen LogP contribution in [0.1, 0.15) is 22.6 Å². The highest BCUT2D eigenvalue weighted by atomic mass is 19.3. The predicted octanol–water partition coefficient (Wildman–Crippen LogP) is 4.74. The summed E-state index contributed by atoms with van der Waals surface area (Å²) in [4.78, 5) is 13.0. The van der Waals surface area contributed by atoms with E-state index < -0.39 is 12.5 Å². The minimum Gasteiger partial charge on any atom is -0.493 e. The van der Waals surface area contributed by atoms with Crippen molar-refractivity contribution in [3.8, 4) is 11.5 Å². The van der Waals surface area contributed by atoms with Crippen LogP contribution >= 0.6 is 0 Å². The topological polar surface area (TPSA) is 47.6 Å². The molecule has 1 N–H and O–H groups in total. The standard InChI is InChI=1S/C23H21F2NO3/c1-28-20-14-16(12-13-19(20)29-23(24)25)15-26-22(27)21(17-8-4-2-5-9-17)18-10-6-3-7-11-18/h2-14,21,23H,15H2,1H3,(H,26,27). The maximum absolute atomic E-state index is 13.0. The van der Waals surface area contributed by atoms with Gasteiger partial charge in [-0.25, -0.2) is 0 Å². The Balaban J connectivity index is 1.77. The van der Waals surface area contributed by atoms with Crippen LogP contribution in [0.25, 0.3) is 0 Å². The molecule has 1 amide bonds. The van der Waals surface area contributed by atoms with E-state index >= 15 is 0 Å². The van der Waals surface area contributed by atoms with E-state index in [0.29, 0.717) is 5.56 Å². The first-order valence-corrected chi connectivity index (χ1v) is 9.08. The fraction of sp³-hybridized carbons (Fsp3) is 0.174. The number of carbonyl (C=O) groups excluding carboxylic acids is 1. The third-order valence-corrected chi connectivity index (χ3v) is 4.44. The first-order valence-electron chi connectivity index (χ1n) is 9.08. The molecule has 0 heterocycles. The number of hydrogen-bond acceptors (Lipinski definition) is 3. The Bertz CT molecular complexity index is 894. The van der Waals surface area contributed by atoms with Gasteiger partial charge in [-0.05, 0) is 28.8 Å². The number of halogens is 2. The minimum absolute atomic E-state index is 0.0518. The quantitative estimate of drug-likeness (QED) is 0.597. The number of rotatable bonds is 8. The molecular formula is C23H21F2NO3. The number of hydrogen-bond donors (Lipinski definition) is 1. The minimum atomic E-state index is -2.94. The average molecular weight is 397 g/mol. The zero-order valence-corrected chi connectivity index (χ0v) is 15.8. The van der Waals surface area contributed by atoms with E-state index in [1.807, 2.05) is 60.7 Å². The van der Waals surface area contributed by atoms with Gasteiger partial charge in [-0.1, -0.05) is 66.7 Å². The van der Waals surface area contributed by atoms with Gasteiger partial charge in [0.05, 0.1) is 13.0 Å². The van der Waals surface area contributed by atoms with Crippen molar-refractivity contribution < 1.29 is 23.0 Å². The summed E-state index contributed by atoms with van der Waals surface area (Å²) in [6.07, 6.45) is 0. The molecule has 0 aromatic heterocycles. The second kappa shape index (κ2) is 9.68. The Kier molecular flexibility index (Phi) is 6.79. The first kappa shape index (κ1) is 20.3. The third kappa shape index (κ3) is 5.31. The smallest absolute Gasteiger partial charge is 0.387 e. The van der Waals surface area contributed by atoms with E-state index in [1.165, 1.54) is 13.2 Å². The van der Waals surface area contributed by atoms with Gasteiger partial charge in [0.25, 0.3) is 0 Å². The molecule has 6 heteroatoms. The monoisotopic (exact) mass is 397 g/mol. The van der Waals surface area contributed by atoms with E-state index in [4.69, 9.17) is 4.74 Å². The molecule has 29 heavy (non-hydrogen) atoms. The molecule has 3 aromatic carbocycles. The van der Waals surface area contributed by atoms with Crippen LogP contribution in [0.4, 0.5) is 8.78 Å². The number of alkyl halides is 2. The summed E-state index contributed by atoms with van der Waals surface area (Å²) in [5.41, 5.74) is 2.47. The maximum Gasteiger partial charge on any atom is 0.387 e. The van der Waals surface area contributed by atoms with Gasteiger partial charge in [-0.15, -0.1) is 0 Å². The van der Waals surface area contributed by atoms with Gasteiger partial charge in [0.1, 0.15) is 0 Å². The molecule has 150 valence electrons. The van der Waals surface area contributed by atoms with Crippen molar-refractivity contribution >= 4 is 5.91 Å². The van der Waals surface area contributed by atoms with Crippen LogP contribution in [0.15, 0.2) is 78.9 Å². The second-order valence-corrected chi connectivity index (χ2v) is 6.34. The summed E-state index contributed by atoms with van der Waals surface area (Å²) in [6.45, 7) is -2.72. The Morgan fingerprint density at radius 1 is 0.897 bits per heavy atom. The van der Waals surface area contributed by atoms with Gasteiger partial charge in [0.2, 0.25) is 5.91 Å². The molecule has 0 fully saturated rings. The van der Waals surface area contributed by atoms with Crippen molar-refractivity contribution in [3.63, 3.8) is 0 Å². The molecule has 0 aliphatic carbocycles. The molecule has 3 rings (SSSR count). The Labute approximate surface area is 168 Å². The molecule has 0 bridgehead atoms. The van der Waals surface area contributed by atoms with Gasteiger partial charge in [0, 0.05) is 6.54 Å². The lowest BCUT2D eigenvalue weighted by Gasteiger charge is -2.18. The highest BCUT2D eigenvalue weighted by molar-refractivity contribution is 5.87. The highest BCUT2D eigenvalue weighted by Gasteiger charge is 2.22. The maximum atomic E-state index is 13.0. The Morgan fingerprint density at radius 2 is 1.48 bits per heavy atom. The van der Waals surface area contributed by atoms with Crippen LogP contribution in [0.5, 0.6) is 11.5 Å². The lowest BCUT2D eigenvalue weighted by Crippen LogP contribution is -2.29. The van der Waals surface area contributed by atoms with Crippen LogP contribution < -0.4 is 14.8 Å². The molecule has 0 radical (unpaired) electrons. The van der Waals surface area contributed by atoms with E-state index in [0.717, 1.165) is 11.1 Å². The van der Waals surface area contributed by atoms with Crippen LogP contribution in [0.2, 0.25) is 0 Å². The fourth-order valence-corrected chi connectivity index (χ4v) is 3.09. The SMILES string of the molecule is COc1cc(CNC(=O)C(c2ccccc2)c2ccccc2)ccc1OC(F)F. The predicted molar refractivity (Wildman–Crippen MR) is 106 cm³/mol. The van der Waals surface area contributed by atoms with Crippen LogP contribution in [-0.2, 0) is 11.3 Å². The van der Waals surface area contributed by atoms with Gasteiger partial charge >= 0.3 is 6.61 Å². The van der Waals surface area contributed by atoms with Crippen molar-refractivity contribution in [1.82, 2.24) is 5.32 Å². The van der Waals surface area contributed by atoms with Gasteiger partial charge in [0.15, 0.2) is 11.5 Å². The van der Waals surface area contributed by atoms with Crippen molar-refractivity contribution in [3.05, 3.63) is 95.6 Å². The Morgan fingerprint density at radius 3 is 2.00 bits per heavy atom. The molecule has 0 aliphatic heterocycles. The van der Waals surface area contributed by atoms with Gasteiger partial charge in [-0.3, -0.25) is 4.79 Å². The number of amides is 1. The molecule has 4 nitrogen and oxygen atoms in total. The summed E-state index contributed by atoms with van der Waals surface area (Å²) in [5.74, 6) is -0.487. The average Bonchev–Trinajstić information content (AvgIpc) is 2.74. The molecular weight excluding hydrogens is 376 g/mol. The molecule has 0 spiro atoms. The number of carbonyl (C=O) groups is 1. The highest BCUT2D eigenvalue weighted by Crippen LogP contribution is 2.30. The van der Waals surface area contributed by atoms with E-state index in [2.05, 4.69) is 10.1 Å². The van der Waals surface area contributed by atoms with Crippen LogP contribution in [-0.4, -0.2) is 19.6 Å². The second-order valence-electron chi connectivity index (χ2n) is 6.34. The largest absolute Gasteiger partial charge is 0.493 e. The fourth-order valence-electron chi connectivity index (χ4n) is 3.09. The third-order valence-electron chi connectivity index (χ3n) is 4.44. The van der Waals surface area contributed by atoms with E-state index in [9.17, 15) is 13.6 Å². The molecule has 0 unspecified atom stereocenters. The molecule has 0 saturated carbocycles. The van der Waals surface area contributed by atoms with Crippen LogP contribution in [0.3, 0.4) is 0 Å². The van der Waals surface area contributed by atoms with Gasteiger partial charge in [-0.2, -0.15) is 8.78 Å². The number of nitrogens with one attached hydrogen (secondary N) is 1. The van der Waals surface area contributed by atoms with Crippen molar-refractivity contribution in [2.75, 3.05) is 7.11 Å². The van der Waals surface area contributed by atoms with Crippen molar-refractivity contribution in [2.45, 2.75) is 19.1 Å². The summed E-state index contributed by atoms with van der Waals surface area (Å²) < 4.78 is 34.5. The summed E-state index contributed by atoms with van der Waals surface area (Å²) in [5, 5.41) is 2.92. The van der Waals surface area contributed by atoms with E-state index in [1.54, 1.807) is 12.1 Å². The van der Waals surface area contributed by atoms with Crippen molar-refractivity contribution in [2.24, 2.45) is 0 Å². The summed E-state index contributed by atoms with van der Waals surface area (Å²) >= 11 is 0. The summed E-state index contributed by atoms with van der Waals surface area (Å²) in [7, 11) is 1.37. The lowest BCUT2D eigenvalue weighted by molar-refractivity contribution is -0.121. The zero-order chi connectivity index (χ0) is 20.6. The Hall–Kier alpha value is -3.41. The normalized spacial score (nSPS) is 10.8. The number of benzene rings is 3. The molecule has 0 aliphatic rings. The summed E-state index contributed by atoms with van der Waals surface area (Å²) in [6, 6.07) is 23.6. The zero-order valence-electron chi connectivity index (χ0n) is 15.8. The first-order chi connectivity index (χ1) is 14.1. The van der Waals surface area contributed by atoms with E-state index in [-0.39, 0.29) is 24.0 Å².